The SMILES string of the molecule is CC[C@H]1OC(=O)C(C)C(=O)[C@H](C)[C@@H](O[C@@H]2OC(C(O)CN(C)C3CC3)CC(N(C)C)C2O)[C@](C)(OC)C[C@@H](C)CC[C@H](C)[C@H]2NC(=O)O[C@@]21C. The molecule has 50 heavy (non-hydrogen) atoms. The second-order valence-electron chi connectivity index (χ2n) is 16.4. The summed E-state index contributed by atoms with van der Waals surface area (Å²) >= 11 is 0. The van der Waals surface area contributed by atoms with Crippen LogP contribution in [0, 0.1) is 23.7 Å². The molecule has 0 aromatic heterocycles. The van der Waals surface area contributed by atoms with E-state index < -0.39 is 83.7 Å². The number of aliphatic hydroxyl groups excluding tert-OH is 2. The van der Waals surface area contributed by atoms with Crippen molar-refractivity contribution in [2.45, 2.75) is 160 Å². The van der Waals surface area contributed by atoms with Gasteiger partial charge in [0.1, 0.15) is 18.1 Å². The number of hydrogen-bond donors (Lipinski definition) is 3. The quantitative estimate of drug-likeness (QED) is 0.238. The van der Waals surface area contributed by atoms with Gasteiger partial charge in [-0.3, -0.25) is 9.59 Å². The van der Waals surface area contributed by atoms with Crippen LogP contribution in [0.3, 0.4) is 0 Å². The number of fused-ring (bicyclic) bond motifs is 1. The maximum absolute atomic E-state index is 14.3. The standard InChI is InChI=1S/C37H65N3O10/c1-12-28-37(7)31(38-35(45)50-37)21(3)14-13-20(2)18-36(6,46-11)32(22(4)29(42)23(5)33(44)48-28)49-34-30(43)25(39(8)9)17-27(47-34)26(41)19-40(10)24-15-16-24/h20-28,30-32,34,41,43H,12-19H2,1-11H3,(H,38,45)/t20-,21-,22-,23?,25?,26?,27?,28+,30?,31+,32+,34-,36+,37+/m0/s1. The first kappa shape index (κ1) is 40.9. The lowest BCUT2D eigenvalue weighted by Gasteiger charge is -2.48. The molecule has 4 fully saturated rings. The molecule has 3 heterocycles. The number of methoxy groups -OCH3 is 1. The van der Waals surface area contributed by atoms with Crippen molar-refractivity contribution in [1.29, 1.82) is 0 Å². The van der Waals surface area contributed by atoms with Crippen molar-refractivity contribution in [2.75, 3.05) is 34.8 Å². The zero-order chi connectivity index (χ0) is 37.3. The average molecular weight is 712 g/mol. The van der Waals surface area contributed by atoms with Gasteiger partial charge in [-0.2, -0.15) is 0 Å². The second kappa shape index (κ2) is 16.4. The summed E-state index contributed by atoms with van der Waals surface area (Å²) < 4.78 is 31.2. The van der Waals surface area contributed by atoms with Crippen LogP contribution >= 0.6 is 0 Å². The van der Waals surface area contributed by atoms with Gasteiger partial charge in [0.15, 0.2) is 17.7 Å². The summed E-state index contributed by atoms with van der Waals surface area (Å²) in [7, 11) is 7.32. The number of ether oxygens (including phenoxy) is 5. The van der Waals surface area contributed by atoms with Crippen molar-refractivity contribution < 1.29 is 48.3 Å². The Morgan fingerprint density at radius 2 is 1.70 bits per heavy atom. The van der Waals surface area contributed by atoms with Crippen LogP contribution in [0.1, 0.15) is 93.4 Å². The highest BCUT2D eigenvalue weighted by atomic mass is 16.7. The highest BCUT2D eigenvalue weighted by molar-refractivity contribution is 6.00. The normalized spacial score (nSPS) is 43.0. The summed E-state index contributed by atoms with van der Waals surface area (Å²) in [6.07, 6.45) is -0.956. The number of esters is 1. The van der Waals surface area contributed by atoms with E-state index in [2.05, 4.69) is 24.1 Å². The summed E-state index contributed by atoms with van der Waals surface area (Å²) in [4.78, 5) is 44.6. The van der Waals surface area contributed by atoms with E-state index in [1.54, 1.807) is 21.0 Å². The van der Waals surface area contributed by atoms with E-state index in [1.807, 2.05) is 39.9 Å². The van der Waals surface area contributed by atoms with Crippen molar-refractivity contribution in [2.24, 2.45) is 23.7 Å². The molecule has 3 saturated heterocycles. The molecular weight excluding hydrogens is 646 g/mol. The summed E-state index contributed by atoms with van der Waals surface area (Å²) in [5.74, 6) is -3.08. The number of alkyl carbamates (subject to hydrolysis) is 1. The highest BCUT2D eigenvalue weighted by Gasteiger charge is 2.55. The third-order valence-corrected chi connectivity index (χ3v) is 12.1. The fourth-order valence-electron chi connectivity index (χ4n) is 8.62. The molecule has 0 aromatic carbocycles. The van der Waals surface area contributed by atoms with Gasteiger partial charge < -0.3 is 49.0 Å². The molecule has 5 unspecified atom stereocenters. The van der Waals surface area contributed by atoms with Crippen LogP contribution in [0.2, 0.25) is 0 Å². The zero-order valence-corrected chi connectivity index (χ0v) is 32.2. The van der Waals surface area contributed by atoms with E-state index in [9.17, 15) is 24.6 Å². The molecule has 0 aromatic rings. The smallest absolute Gasteiger partial charge is 0.408 e. The van der Waals surface area contributed by atoms with E-state index in [0.717, 1.165) is 25.7 Å². The van der Waals surface area contributed by atoms with Crippen molar-refractivity contribution in [3.05, 3.63) is 0 Å². The number of Topliss-reactive ketones (excluding diaryl/α,β-unsaturated/α-hetero) is 1. The molecule has 13 nitrogen and oxygen atoms in total. The van der Waals surface area contributed by atoms with Crippen molar-refractivity contribution in [3.63, 3.8) is 0 Å². The Morgan fingerprint density at radius 1 is 1.04 bits per heavy atom. The van der Waals surface area contributed by atoms with Gasteiger partial charge in [0.05, 0.1) is 30.0 Å². The number of amides is 1. The Balaban J connectivity index is 1.67. The van der Waals surface area contributed by atoms with Gasteiger partial charge in [0, 0.05) is 31.7 Å². The number of carbonyl (C=O) groups excluding carboxylic acids is 3. The monoisotopic (exact) mass is 711 g/mol. The number of ketones is 1. The number of nitrogens with one attached hydrogen (secondary N) is 1. The molecule has 4 rings (SSSR count). The number of cyclic esters (lactones) is 1. The summed E-state index contributed by atoms with van der Waals surface area (Å²) in [6.45, 7) is 13.4. The van der Waals surface area contributed by atoms with Gasteiger partial charge in [-0.1, -0.05) is 34.1 Å². The molecule has 0 spiro atoms. The number of likely N-dealkylation sites (N-methyl/N-ethyl adjacent to an activating group) is 2. The van der Waals surface area contributed by atoms with E-state index >= 15 is 0 Å². The van der Waals surface area contributed by atoms with Gasteiger partial charge in [0.2, 0.25) is 0 Å². The van der Waals surface area contributed by atoms with Crippen molar-refractivity contribution >= 4 is 17.8 Å². The number of carbonyl (C=O) groups is 3. The Bertz CT molecular complexity index is 1190. The van der Waals surface area contributed by atoms with E-state index in [4.69, 9.17) is 23.7 Å². The van der Waals surface area contributed by atoms with Gasteiger partial charge in [0.25, 0.3) is 0 Å². The Morgan fingerprint density at radius 3 is 2.28 bits per heavy atom. The first-order valence-corrected chi connectivity index (χ1v) is 18.7. The van der Waals surface area contributed by atoms with Crippen LogP contribution in [0.15, 0.2) is 0 Å². The van der Waals surface area contributed by atoms with Crippen LogP contribution in [0.5, 0.6) is 0 Å². The molecule has 0 radical (unpaired) electrons. The zero-order valence-electron chi connectivity index (χ0n) is 32.2. The Hall–Kier alpha value is -1.87. The number of rotatable bonds is 9. The minimum atomic E-state index is -1.18. The van der Waals surface area contributed by atoms with Gasteiger partial charge in [-0.25, -0.2) is 4.79 Å². The summed E-state index contributed by atoms with van der Waals surface area (Å²) in [5.41, 5.74) is -2.15. The minimum absolute atomic E-state index is 0.0123. The van der Waals surface area contributed by atoms with E-state index in [1.165, 1.54) is 6.92 Å². The number of hydrogen-bond acceptors (Lipinski definition) is 12. The molecule has 3 N–H and O–H groups in total. The number of nitrogens with zero attached hydrogens (tertiary/aromatic N) is 2. The Kier molecular flexibility index (Phi) is 13.4. The Labute approximate surface area is 299 Å². The third kappa shape index (κ3) is 8.83. The van der Waals surface area contributed by atoms with Gasteiger partial charge in [-0.05, 0) is 92.3 Å². The lowest BCUT2D eigenvalue weighted by molar-refractivity contribution is -0.307. The lowest BCUT2D eigenvalue weighted by atomic mass is 9.76. The molecule has 1 amide bonds. The maximum atomic E-state index is 14.3. The molecular formula is C37H65N3O10. The summed E-state index contributed by atoms with van der Waals surface area (Å²) in [5, 5.41) is 25.9. The molecule has 1 saturated carbocycles. The molecule has 13 heteroatoms. The number of aliphatic hydroxyl groups is 2. The molecule has 288 valence electrons. The average Bonchev–Trinajstić information content (AvgIpc) is 3.87. The van der Waals surface area contributed by atoms with Crippen molar-refractivity contribution in [1.82, 2.24) is 15.1 Å². The van der Waals surface area contributed by atoms with Crippen LogP contribution in [-0.2, 0) is 33.3 Å². The fraction of sp³-hybridized carbons (Fsp3) is 0.919. The topological polar surface area (TPSA) is 156 Å². The first-order chi connectivity index (χ1) is 23.4. The maximum Gasteiger partial charge on any atom is 0.408 e. The van der Waals surface area contributed by atoms with Gasteiger partial charge in [-0.15, -0.1) is 0 Å². The molecule has 0 bridgehead atoms. The molecule has 4 aliphatic rings. The second-order valence-corrected chi connectivity index (χ2v) is 16.4. The molecule has 3 aliphatic heterocycles. The van der Waals surface area contributed by atoms with E-state index in [0.29, 0.717) is 31.8 Å². The predicted molar refractivity (Wildman–Crippen MR) is 186 cm³/mol. The minimum Gasteiger partial charge on any atom is -0.458 e. The predicted octanol–water partition coefficient (Wildman–Crippen LogP) is 3.12. The van der Waals surface area contributed by atoms with Gasteiger partial charge >= 0.3 is 12.1 Å². The molecule has 14 atom stereocenters. The molecule has 1 aliphatic carbocycles. The van der Waals surface area contributed by atoms with Crippen molar-refractivity contribution in [3.8, 4) is 0 Å². The first-order valence-electron chi connectivity index (χ1n) is 18.7. The van der Waals surface area contributed by atoms with Crippen LogP contribution < -0.4 is 5.32 Å². The van der Waals surface area contributed by atoms with Crippen LogP contribution in [0.4, 0.5) is 4.79 Å². The van der Waals surface area contributed by atoms with E-state index in [-0.39, 0.29) is 17.9 Å². The van der Waals surface area contributed by atoms with Crippen LogP contribution in [0.25, 0.3) is 0 Å². The highest BCUT2D eigenvalue weighted by Crippen LogP contribution is 2.40. The fourth-order valence-corrected chi connectivity index (χ4v) is 8.62. The largest absolute Gasteiger partial charge is 0.458 e. The van der Waals surface area contributed by atoms with Crippen LogP contribution in [-0.4, -0.2) is 139 Å². The summed E-state index contributed by atoms with van der Waals surface area (Å²) in [6, 6.07) is -0.328. The third-order valence-electron chi connectivity index (χ3n) is 12.1. The lowest BCUT2D eigenvalue weighted by Crippen LogP contribution is -2.61.